The van der Waals surface area contributed by atoms with Crippen molar-refractivity contribution in [2.45, 2.75) is 31.4 Å². The van der Waals surface area contributed by atoms with Crippen LogP contribution in [0.3, 0.4) is 0 Å². The van der Waals surface area contributed by atoms with Gasteiger partial charge in [0.2, 0.25) is 5.91 Å². The zero-order chi connectivity index (χ0) is 13.1. The largest absolute Gasteiger partial charge is 0.396 e. The van der Waals surface area contributed by atoms with E-state index in [0.717, 1.165) is 25.5 Å². The predicted molar refractivity (Wildman–Crippen MR) is 65.2 cm³/mol. The summed E-state index contributed by atoms with van der Waals surface area (Å²) in [5, 5.41) is 10.8. The first-order valence-corrected chi connectivity index (χ1v) is 7.89. The smallest absolute Gasteiger partial charge is 0.238 e. The van der Waals surface area contributed by atoms with Crippen LogP contribution in [0.4, 0.5) is 0 Å². The molecule has 17 heavy (non-hydrogen) atoms. The molecule has 6 heteroatoms. The zero-order valence-electron chi connectivity index (χ0n) is 10.3. The van der Waals surface area contributed by atoms with Gasteiger partial charge in [-0.3, -0.25) is 4.79 Å². The number of nitrogens with one attached hydrogen (secondary N) is 1. The topological polar surface area (TPSA) is 83.5 Å². The average Bonchev–Trinajstić information content (AvgIpc) is 2.70. The van der Waals surface area contributed by atoms with E-state index >= 15 is 0 Å². The number of aliphatic hydroxyl groups excluding tert-OH is 1. The summed E-state index contributed by atoms with van der Waals surface area (Å²) in [6, 6.07) is 0. The Kier molecular flexibility index (Phi) is 4.94. The molecule has 0 saturated heterocycles. The first-order valence-electron chi connectivity index (χ1n) is 5.93. The minimum absolute atomic E-state index is 0.141. The van der Waals surface area contributed by atoms with E-state index < -0.39 is 21.0 Å². The molecule has 1 saturated carbocycles. The molecule has 1 aliphatic rings. The van der Waals surface area contributed by atoms with Crippen LogP contribution in [0.1, 0.15) is 26.2 Å². The molecule has 3 atom stereocenters. The van der Waals surface area contributed by atoms with Crippen molar-refractivity contribution in [3.63, 3.8) is 0 Å². The predicted octanol–water partition coefficient (Wildman–Crippen LogP) is -0.0557. The second kappa shape index (κ2) is 5.82. The SMILES string of the molecule is CC(C(=O)NCC1CCCC1CO)S(C)(=O)=O. The van der Waals surface area contributed by atoms with Crippen LogP contribution in [0.2, 0.25) is 0 Å². The van der Waals surface area contributed by atoms with Gasteiger partial charge in [0.1, 0.15) is 5.25 Å². The molecule has 1 amide bonds. The molecule has 0 aromatic carbocycles. The highest BCUT2D eigenvalue weighted by atomic mass is 32.2. The van der Waals surface area contributed by atoms with E-state index in [2.05, 4.69) is 5.32 Å². The lowest BCUT2D eigenvalue weighted by Crippen LogP contribution is -2.40. The van der Waals surface area contributed by atoms with Crippen molar-refractivity contribution in [2.24, 2.45) is 11.8 Å². The van der Waals surface area contributed by atoms with Crippen LogP contribution >= 0.6 is 0 Å². The number of amides is 1. The molecule has 0 heterocycles. The molecule has 100 valence electrons. The standard InChI is InChI=1S/C11H21NO4S/c1-8(17(2,15)16)11(14)12-6-9-4-3-5-10(9)7-13/h8-10,13H,3-7H2,1-2H3,(H,12,14). The fourth-order valence-electron chi connectivity index (χ4n) is 2.19. The van der Waals surface area contributed by atoms with Crippen molar-refractivity contribution in [1.82, 2.24) is 5.32 Å². The van der Waals surface area contributed by atoms with E-state index in [4.69, 9.17) is 5.11 Å². The van der Waals surface area contributed by atoms with Gasteiger partial charge >= 0.3 is 0 Å². The molecular formula is C11H21NO4S. The lowest BCUT2D eigenvalue weighted by atomic mass is 9.97. The molecule has 0 aromatic rings. The number of hydrogen-bond acceptors (Lipinski definition) is 4. The Balaban J connectivity index is 2.43. The third-order valence-electron chi connectivity index (χ3n) is 3.60. The number of aliphatic hydroxyl groups is 1. The van der Waals surface area contributed by atoms with Crippen LogP contribution in [0.25, 0.3) is 0 Å². The first-order chi connectivity index (χ1) is 7.86. The molecule has 3 unspecified atom stereocenters. The summed E-state index contributed by atoms with van der Waals surface area (Å²) >= 11 is 0. The molecule has 0 bridgehead atoms. The van der Waals surface area contributed by atoms with Gasteiger partial charge in [-0.15, -0.1) is 0 Å². The Bertz CT molecular complexity index is 366. The van der Waals surface area contributed by atoms with Gasteiger partial charge in [-0.05, 0) is 31.6 Å². The van der Waals surface area contributed by atoms with Crippen molar-refractivity contribution in [3.05, 3.63) is 0 Å². The second-order valence-electron chi connectivity index (χ2n) is 4.85. The van der Waals surface area contributed by atoms with Crippen molar-refractivity contribution in [2.75, 3.05) is 19.4 Å². The van der Waals surface area contributed by atoms with Crippen molar-refractivity contribution in [3.8, 4) is 0 Å². The van der Waals surface area contributed by atoms with E-state index in [-0.39, 0.29) is 18.4 Å². The van der Waals surface area contributed by atoms with Crippen molar-refractivity contribution < 1.29 is 18.3 Å². The minimum Gasteiger partial charge on any atom is -0.396 e. The number of hydrogen-bond donors (Lipinski definition) is 2. The Morgan fingerprint density at radius 2 is 2.00 bits per heavy atom. The average molecular weight is 263 g/mol. The van der Waals surface area contributed by atoms with Crippen LogP contribution in [-0.2, 0) is 14.6 Å². The monoisotopic (exact) mass is 263 g/mol. The molecule has 5 nitrogen and oxygen atoms in total. The Labute approximate surface area is 103 Å². The summed E-state index contributed by atoms with van der Waals surface area (Å²) in [4.78, 5) is 11.6. The number of sulfone groups is 1. The quantitative estimate of drug-likeness (QED) is 0.728. The van der Waals surface area contributed by atoms with Crippen LogP contribution in [0, 0.1) is 11.8 Å². The van der Waals surface area contributed by atoms with Crippen LogP contribution in [0.15, 0.2) is 0 Å². The lowest BCUT2D eigenvalue weighted by Gasteiger charge is -2.19. The summed E-state index contributed by atoms with van der Waals surface area (Å²) in [7, 11) is -3.33. The van der Waals surface area contributed by atoms with Crippen molar-refractivity contribution in [1.29, 1.82) is 0 Å². The number of carbonyl (C=O) groups is 1. The highest BCUT2D eigenvalue weighted by Crippen LogP contribution is 2.30. The summed E-state index contributed by atoms with van der Waals surface area (Å²) in [5.41, 5.74) is 0. The first kappa shape index (κ1) is 14.4. The molecule has 0 radical (unpaired) electrons. The Morgan fingerprint density at radius 3 is 2.53 bits per heavy atom. The molecule has 0 spiro atoms. The fraction of sp³-hybridized carbons (Fsp3) is 0.909. The minimum atomic E-state index is -3.33. The van der Waals surface area contributed by atoms with Gasteiger partial charge in [0.05, 0.1) is 0 Å². The zero-order valence-corrected chi connectivity index (χ0v) is 11.2. The maximum absolute atomic E-state index is 11.6. The summed E-state index contributed by atoms with van der Waals surface area (Å²) in [6.45, 7) is 1.99. The van der Waals surface area contributed by atoms with E-state index in [1.54, 1.807) is 0 Å². The van der Waals surface area contributed by atoms with Crippen LogP contribution in [0.5, 0.6) is 0 Å². The molecule has 0 aromatic heterocycles. The summed E-state index contributed by atoms with van der Waals surface area (Å²) < 4.78 is 22.4. The fourth-order valence-corrected chi connectivity index (χ4v) is 2.66. The van der Waals surface area contributed by atoms with Gasteiger partial charge in [0.25, 0.3) is 0 Å². The molecule has 1 rings (SSSR count). The maximum Gasteiger partial charge on any atom is 0.238 e. The number of rotatable bonds is 5. The van der Waals surface area contributed by atoms with E-state index in [0.29, 0.717) is 6.54 Å². The molecular weight excluding hydrogens is 242 g/mol. The molecule has 1 aliphatic carbocycles. The number of carbonyl (C=O) groups excluding carboxylic acids is 1. The molecule has 0 aliphatic heterocycles. The highest BCUT2D eigenvalue weighted by Gasteiger charge is 2.29. The van der Waals surface area contributed by atoms with Gasteiger partial charge in [0, 0.05) is 19.4 Å². The van der Waals surface area contributed by atoms with E-state index in [9.17, 15) is 13.2 Å². The Morgan fingerprint density at radius 1 is 1.41 bits per heavy atom. The third-order valence-corrected chi connectivity index (χ3v) is 5.10. The van der Waals surface area contributed by atoms with E-state index in [1.807, 2.05) is 0 Å². The van der Waals surface area contributed by atoms with Gasteiger partial charge in [-0.25, -0.2) is 8.42 Å². The highest BCUT2D eigenvalue weighted by molar-refractivity contribution is 7.92. The second-order valence-corrected chi connectivity index (χ2v) is 7.22. The lowest BCUT2D eigenvalue weighted by molar-refractivity contribution is -0.120. The van der Waals surface area contributed by atoms with Crippen LogP contribution < -0.4 is 5.32 Å². The van der Waals surface area contributed by atoms with Gasteiger partial charge in [-0.2, -0.15) is 0 Å². The summed E-state index contributed by atoms with van der Waals surface area (Å²) in [5.74, 6) is 0.0654. The third kappa shape index (κ3) is 3.96. The van der Waals surface area contributed by atoms with E-state index in [1.165, 1.54) is 6.92 Å². The van der Waals surface area contributed by atoms with Gasteiger partial charge in [-0.1, -0.05) is 6.42 Å². The Hall–Kier alpha value is -0.620. The van der Waals surface area contributed by atoms with Gasteiger partial charge < -0.3 is 10.4 Å². The molecule has 2 N–H and O–H groups in total. The summed E-state index contributed by atoms with van der Waals surface area (Å²) in [6.07, 6.45) is 4.09. The molecule has 1 fully saturated rings. The maximum atomic E-state index is 11.6. The van der Waals surface area contributed by atoms with Crippen LogP contribution in [-0.4, -0.2) is 44.1 Å². The van der Waals surface area contributed by atoms with Gasteiger partial charge in [0.15, 0.2) is 9.84 Å². The van der Waals surface area contributed by atoms with Crippen molar-refractivity contribution >= 4 is 15.7 Å². The normalized spacial score (nSPS) is 26.8.